The van der Waals surface area contributed by atoms with E-state index < -0.39 is 0 Å². The second kappa shape index (κ2) is 2.53. The topological polar surface area (TPSA) is 47.6 Å². The summed E-state index contributed by atoms with van der Waals surface area (Å²) in [5.41, 5.74) is 5.97. The van der Waals surface area contributed by atoms with Gasteiger partial charge in [0.2, 0.25) is 0 Å². The van der Waals surface area contributed by atoms with Crippen LogP contribution in [0.1, 0.15) is 12.8 Å². The largest absolute Gasteiger partial charge is 0.402 e. The van der Waals surface area contributed by atoms with Crippen molar-refractivity contribution in [2.24, 2.45) is 10.9 Å². The van der Waals surface area contributed by atoms with Gasteiger partial charge in [0, 0.05) is 18.5 Å². The average Bonchev–Trinajstić information content (AvgIpc) is 2.15. The van der Waals surface area contributed by atoms with Gasteiger partial charge in [-0.2, -0.15) is 0 Å². The second-order valence-corrected chi connectivity index (χ2v) is 2.04. The van der Waals surface area contributed by atoms with Crippen molar-refractivity contribution >= 4 is 6.21 Å². The first kappa shape index (κ1) is 6.13. The first-order valence-electron chi connectivity index (χ1n) is 2.81. The fourth-order valence-corrected chi connectivity index (χ4v) is 0.690. The third-order valence-corrected chi connectivity index (χ3v) is 1.08. The van der Waals surface area contributed by atoms with Gasteiger partial charge in [0.05, 0.1) is 0 Å². The molecule has 0 aromatic rings. The minimum absolute atomic E-state index is 0.0856. The Morgan fingerprint density at radius 2 is 2.78 bits per heavy atom. The van der Waals surface area contributed by atoms with Gasteiger partial charge in [0.1, 0.15) is 12.3 Å². The summed E-state index contributed by atoms with van der Waals surface area (Å²) < 4.78 is 0. The quantitative estimate of drug-likeness (QED) is 0.584. The van der Waals surface area contributed by atoms with Crippen LogP contribution in [-0.4, -0.2) is 12.3 Å². The molecule has 1 heterocycles. The Bertz CT molecular complexity index is 134. The van der Waals surface area contributed by atoms with E-state index in [-0.39, 0.29) is 6.10 Å². The number of hydrogen-bond acceptors (Lipinski definition) is 3. The monoisotopic (exact) mass is 125 g/mol. The molecule has 0 saturated heterocycles. The summed E-state index contributed by atoms with van der Waals surface area (Å²) in [5, 5.41) is 3.47. The molecule has 1 unspecified atom stereocenters. The fourth-order valence-electron chi connectivity index (χ4n) is 0.690. The van der Waals surface area contributed by atoms with E-state index in [1.807, 2.05) is 0 Å². The first-order valence-corrected chi connectivity index (χ1v) is 2.81. The lowest BCUT2D eigenvalue weighted by Gasteiger charge is -2.05. The third-order valence-electron chi connectivity index (χ3n) is 1.08. The highest BCUT2D eigenvalue weighted by Gasteiger charge is 2.13. The second-order valence-electron chi connectivity index (χ2n) is 2.04. The SMILES string of the molecule is C=C(N)CC1C[C]=NO1. The Kier molecular flexibility index (Phi) is 1.72. The lowest BCUT2D eigenvalue weighted by Crippen LogP contribution is -2.09. The van der Waals surface area contributed by atoms with Crippen molar-refractivity contribution in [3.05, 3.63) is 12.3 Å². The zero-order valence-corrected chi connectivity index (χ0v) is 5.13. The highest BCUT2D eigenvalue weighted by Crippen LogP contribution is 2.10. The van der Waals surface area contributed by atoms with Gasteiger partial charge in [-0.3, -0.25) is 0 Å². The Morgan fingerprint density at radius 1 is 2.00 bits per heavy atom. The Morgan fingerprint density at radius 3 is 3.22 bits per heavy atom. The summed E-state index contributed by atoms with van der Waals surface area (Å²) in [4.78, 5) is 4.84. The van der Waals surface area contributed by atoms with Gasteiger partial charge >= 0.3 is 0 Å². The minimum Gasteiger partial charge on any atom is -0.402 e. The summed E-state index contributed by atoms with van der Waals surface area (Å²) >= 11 is 0. The van der Waals surface area contributed by atoms with E-state index in [4.69, 9.17) is 10.6 Å². The van der Waals surface area contributed by atoms with E-state index in [0.29, 0.717) is 12.1 Å². The van der Waals surface area contributed by atoms with Crippen molar-refractivity contribution in [2.75, 3.05) is 0 Å². The van der Waals surface area contributed by atoms with Crippen LogP contribution in [0.2, 0.25) is 0 Å². The highest BCUT2D eigenvalue weighted by atomic mass is 16.6. The fraction of sp³-hybridized carbons (Fsp3) is 0.500. The van der Waals surface area contributed by atoms with Crippen LogP contribution in [0.15, 0.2) is 17.4 Å². The molecule has 49 valence electrons. The van der Waals surface area contributed by atoms with Crippen LogP contribution in [0.4, 0.5) is 0 Å². The predicted octanol–water partition coefficient (Wildman–Crippen LogP) is 0.501. The number of nitrogens with zero attached hydrogens (tertiary/aromatic N) is 1. The molecule has 9 heavy (non-hydrogen) atoms. The van der Waals surface area contributed by atoms with Crippen molar-refractivity contribution in [3.63, 3.8) is 0 Å². The number of rotatable bonds is 2. The molecule has 0 saturated carbocycles. The molecule has 2 N–H and O–H groups in total. The molecule has 1 aliphatic rings. The van der Waals surface area contributed by atoms with E-state index in [2.05, 4.69) is 17.9 Å². The highest BCUT2D eigenvalue weighted by molar-refractivity contribution is 5.58. The third kappa shape index (κ3) is 1.76. The number of nitrogens with two attached hydrogens (primary N) is 1. The van der Waals surface area contributed by atoms with Gasteiger partial charge in [0.15, 0.2) is 0 Å². The minimum atomic E-state index is 0.0856. The molecule has 0 aromatic carbocycles. The lowest BCUT2D eigenvalue weighted by molar-refractivity contribution is 0.0858. The predicted molar refractivity (Wildman–Crippen MR) is 34.9 cm³/mol. The summed E-state index contributed by atoms with van der Waals surface area (Å²) in [6.07, 6.45) is 4.18. The van der Waals surface area contributed by atoms with Gasteiger partial charge in [-0.25, -0.2) is 0 Å². The summed E-state index contributed by atoms with van der Waals surface area (Å²) in [6, 6.07) is 0. The molecule has 0 fully saturated rings. The maximum Gasteiger partial charge on any atom is 0.138 e. The molecular formula is C6H9N2O. The standard InChI is InChI=1S/C6H9N2O/c1-5(7)4-6-2-3-8-9-6/h6H,1-2,4,7H2. The molecule has 1 aliphatic heterocycles. The zero-order valence-electron chi connectivity index (χ0n) is 5.13. The van der Waals surface area contributed by atoms with Crippen molar-refractivity contribution < 1.29 is 4.84 Å². The molecule has 3 heteroatoms. The van der Waals surface area contributed by atoms with E-state index in [9.17, 15) is 0 Å². The Hall–Kier alpha value is -0.990. The normalized spacial score (nSPS) is 23.8. The van der Waals surface area contributed by atoms with E-state index >= 15 is 0 Å². The molecule has 0 bridgehead atoms. The molecule has 3 nitrogen and oxygen atoms in total. The maximum atomic E-state index is 5.33. The van der Waals surface area contributed by atoms with E-state index in [1.54, 1.807) is 0 Å². The molecular weight excluding hydrogens is 116 g/mol. The van der Waals surface area contributed by atoms with Crippen LogP contribution in [0.3, 0.4) is 0 Å². The van der Waals surface area contributed by atoms with Gasteiger partial charge in [-0.05, 0) is 0 Å². The van der Waals surface area contributed by atoms with Crippen LogP contribution < -0.4 is 5.73 Å². The summed E-state index contributed by atoms with van der Waals surface area (Å²) in [6.45, 7) is 3.55. The van der Waals surface area contributed by atoms with Crippen LogP contribution in [-0.2, 0) is 4.84 Å². The molecule has 1 rings (SSSR count). The smallest absolute Gasteiger partial charge is 0.138 e. The molecule has 0 spiro atoms. The summed E-state index contributed by atoms with van der Waals surface area (Å²) in [7, 11) is 0. The molecule has 0 aliphatic carbocycles. The van der Waals surface area contributed by atoms with Gasteiger partial charge in [-0.1, -0.05) is 11.7 Å². The van der Waals surface area contributed by atoms with Crippen molar-refractivity contribution in [3.8, 4) is 0 Å². The van der Waals surface area contributed by atoms with Gasteiger partial charge in [-0.15, -0.1) is 0 Å². The van der Waals surface area contributed by atoms with Crippen molar-refractivity contribution in [2.45, 2.75) is 18.9 Å². The zero-order chi connectivity index (χ0) is 6.69. The Balaban J connectivity index is 2.22. The van der Waals surface area contributed by atoms with E-state index in [1.165, 1.54) is 0 Å². The summed E-state index contributed by atoms with van der Waals surface area (Å²) in [5.74, 6) is 0. The number of hydrogen-bond donors (Lipinski definition) is 1. The van der Waals surface area contributed by atoms with Crippen LogP contribution in [0, 0.1) is 0 Å². The molecule has 0 aromatic heterocycles. The first-order chi connectivity index (χ1) is 4.29. The molecule has 1 atom stereocenters. The van der Waals surface area contributed by atoms with Crippen molar-refractivity contribution in [1.29, 1.82) is 0 Å². The Labute approximate surface area is 54.2 Å². The van der Waals surface area contributed by atoms with Crippen LogP contribution in [0.25, 0.3) is 0 Å². The lowest BCUT2D eigenvalue weighted by atomic mass is 10.2. The van der Waals surface area contributed by atoms with Crippen LogP contribution in [0.5, 0.6) is 0 Å². The van der Waals surface area contributed by atoms with Crippen molar-refractivity contribution in [1.82, 2.24) is 0 Å². The van der Waals surface area contributed by atoms with E-state index in [0.717, 1.165) is 6.42 Å². The van der Waals surface area contributed by atoms with Gasteiger partial charge < -0.3 is 10.6 Å². The molecule has 0 amide bonds. The average molecular weight is 125 g/mol. The maximum absolute atomic E-state index is 5.33. The molecule has 1 radical (unpaired) electrons. The van der Waals surface area contributed by atoms with Crippen LogP contribution >= 0.6 is 0 Å². The van der Waals surface area contributed by atoms with Gasteiger partial charge in [0.25, 0.3) is 0 Å².